The lowest BCUT2D eigenvalue weighted by atomic mass is 9.93. The summed E-state index contributed by atoms with van der Waals surface area (Å²) in [6.07, 6.45) is 0. The molecule has 10 rings (SSSR count). The Balaban J connectivity index is 1.12. The second-order valence-corrected chi connectivity index (χ2v) is 14.7. The monoisotopic (exact) mass is 755 g/mol. The molecule has 59 heavy (non-hydrogen) atoms. The maximum atomic E-state index is 9.87. The minimum Gasteiger partial charge on any atom is -0.310 e. The van der Waals surface area contributed by atoms with Crippen molar-refractivity contribution >= 4 is 27.8 Å². The van der Waals surface area contributed by atoms with Gasteiger partial charge in [-0.1, -0.05) is 188 Å². The molecule has 0 unspecified atom stereocenters. The van der Waals surface area contributed by atoms with E-state index in [-0.39, 0.29) is 29.9 Å². The lowest BCUT2D eigenvalue weighted by Gasteiger charge is -2.26. The lowest BCUT2D eigenvalue weighted by Crippen LogP contribution is -2.10. The summed E-state index contributed by atoms with van der Waals surface area (Å²) in [6, 6.07) is 76.0. The van der Waals surface area contributed by atoms with Crippen LogP contribution in [0, 0.1) is 0 Å². The van der Waals surface area contributed by atoms with Gasteiger partial charge in [0.15, 0.2) is 0 Å². The van der Waals surface area contributed by atoms with Crippen LogP contribution in [-0.2, 0) is 0 Å². The number of anilines is 3. The molecule has 1 heteroatoms. The van der Waals surface area contributed by atoms with Gasteiger partial charge in [0.1, 0.15) is 0 Å². The largest absolute Gasteiger partial charge is 0.310 e. The second-order valence-electron chi connectivity index (χ2n) is 14.7. The highest BCUT2D eigenvalue weighted by Crippen LogP contribution is 2.40. The zero-order valence-electron chi connectivity index (χ0n) is 36.3. The first-order chi connectivity index (χ1) is 30.9. The van der Waals surface area contributed by atoms with Crippen LogP contribution in [0.1, 0.15) is 5.48 Å². The summed E-state index contributed by atoms with van der Waals surface area (Å²) >= 11 is 0. The van der Waals surface area contributed by atoms with E-state index in [1.165, 1.54) is 0 Å². The van der Waals surface area contributed by atoms with Gasteiger partial charge in [-0.15, -0.1) is 0 Å². The van der Waals surface area contributed by atoms with Crippen LogP contribution in [0.25, 0.3) is 77.5 Å². The Morgan fingerprint density at radius 3 is 1.25 bits per heavy atom. The van der Waals surface area contributed by atoms with E-state index in [9.17, 15) is 5.48 Å². The van der Waals surface area contributed by atoms with Gasteiger partial charge in [0, 0.05) is 17.1 Å². The molecule has 278 valence electrons. The normalized spacial score (nSPS) is 12.0. The van der Waals surface area contributed by atoms with Gasteiger partial charge in [0.25, 0.3) is 0 Å². The smallest absolute Gasteiger partial charge is 0.0651 e. The van der Waals surface area contributed by atoms with Crippen molar-refractivity contribution in [2.24, 2.45) is 0 Å². The Bertz CT molecular complexity index is 3180. The maximum Gasteiger partial charge on any atom is 0.0651 e. The molecule has 10 aromatic carbocycles. The minimum absolute atomic E-state index is 0.0177. The van der Waals surface area contributed by atoms with Crippen molar-refractivity contribution in [2.45, 2.75) is 0 Å². The molecule has 0 aliphatic carbocycles. The molecule has 0 fully saturated rings. The third kappa shape index (κ3) is 7.46. The van der Waals surface area contributed by atoms with E-state index in [0.717, 1.165) is 77.8 Å². The van der Waals surface area contributed by atoms with Crippen molar-refractivity contribution in [3.8, 4) is 66.8 Å². The number of hydrogen-bond acceptors (Lipinski definition) is 1. The van der Waals surface area contributed by atoms with E-state index in [1.54, 1.807) is 0 Å². The van der Waals surface area contributed by atoms with Crippen LogP contribution in [0.15, 0.2) is 249 Å². The van der Waals surface area contributed by atoms with E-state index in [0.29, 0.717) is 11.1 Å². The summed E-state index contributed by atoms with van der Waals surface area (Å²) in [5, 5.41) is 1.86. The summed E-state index contributed by atoms with van der Waals surface area (Å²) < 4.78 is 37.7. The van der Waals surface area contributed by atoms with E-state index < -0.39 is 0 Å². The van der Waals surface area contributed by atoms with Crippen molar-refractivity contribution in [3.63, 3.8) is 0 Å². The summed E-state index contributed by atoms with van der Waals surface area (Å²) in [6.45, 7) is 0. The predicted octanol–water partition coefficient (Wildman–Crippen LogP) is 16.3. The number of rotatable bonds is 9. The quantitative estimate of drug-likeness (QED) is 0.142. The first kappa shape index (κ1) is 31.4. The van der Waals surface area contributed by atoms with Crippen molar-refractivity contribution in [1.29, 1.82) is 0 Å². The number of fused-ring (bicyclic) bond motifs is 1. The van der Waals surface area contributed by atoms with Crippen molar-refractivity contribution in [2.75, 3.05) is 4.90 Å². The van der Waals surface area contributed by atoms with Crippen LogP contribution in [-0.4, -0.2) is 0 Å². The fourth-order valence-corrected chi connectivity index (χ4v) is 7.93. The highest BCUT2D eigenvalue weighted by molar-refractivity contribution is 5.97. The Kier molecular flexibility index (Phi) is 8.51. The standard InChI is InChI=1S/C58H41N/c1-4-15-42(16-5-1)48-23-12-24-49(37-48)45-29-33-54(34-30-45)59(56-26-13-25-50(41-56)58-28-14-22-47-21-10-11-27-57(47)58)55-35-31-46(32-36-55)53-39-51(43-17-6-2-7-18-43)38-52(40-53)44-19-8-3-9-20-44/h1-41H/i13D,25D,26D,41D. The van der Waals surface area contributed by atoms with E-state index >= 15 is 0 Å². The van der Waals surface area contributed by atoms with Gasteiger partial charge in [0.2, 0.25) is 0 Å². The Morgan fingerprint density at radius 1 is 0.288 bits per heavy atom. The Hall–Kier alpha value is -7.74. The first-order valence-corrected chi connectivity index (χ1v) is 19.9. The van der Waals surface area contributed by atoms with Crippen LogP contribution in [0.4, 0.5) is 17.1 Å². The molecule has 1 nitrogen and oxygen atoms in total. The van der Waals surface area contributed by atoms with Crippen LogP contribution in [0.2, 0.25) is 0 Å². The van der Waals surface area contributed by atoms with Gasteiger partial charge >= 0.3 is 0 Å². The average molecular weight is 756 g/mol. The Morgan fingerprint density at radius 2 is 0.695 bits per heavy atom. The summed E-state index contributed by atoms with van der Waals surface area (Å²) in [5.74, 6) is 0. The van der Waals surface area contributed by atoms with Crippen molar-refractivity contribution in [1.82, 2.24) is 0 Å². The SMILES string of the molecule is [2H]c1c([2H])c(-c2cccc3ccccc23)c([2H])c(N(c2ccc(-c3cccc(-c4ccccc4)c3)cc2)c2ccc(-c3cc(-c4ccccc4)cc(-c4ccccc4)c3)cc2)c1[2H]. The summed E-state index contributed by atoms with van der Waals surface area (Å²) in [5.41, 5.74) is 13.6. The molecule has 0 bridgehead atoms. The molecule has 0 saturated heterocycles. The van der Waals surface area contributed by atoms with Crippen molar-refractivity contribution < 1.29 is 5.48 Å². The zero-order valence-corrected chi connectivity index (χ0v) is 32.3. The Labute approximate surface area is 352 Å². The fourth-order valence-electron chi connectivity index (χ4n) is 7.93. The fraction of sp³-hybridized carbons (Fsp3) is 0. The molecular formula is C58H41N. The number of nitrogens with zero attached hydrogens (tertiary/aromatic N) is 1. The van der Waals surface area contributed by atoms with Crippen LogP contribution < -0.4 is 4.90 Å². The van der Waals surface area contributed by atoms with Gasteiger partial charge in [-0.05, 0) is 138 Å². The third-order valence-corrected chi connectivity index (χ3v) is 10.9. The van der Waals surface area contributed by atoms with Crippen molar-refractivity contribution in [3.05, 3.63) is 249 Å². The predicted molar refractivity (Wildman–Crippen MR) is 251 cm³/mol. The van der Waals surface area contributed by atoms with E-state index in [2.05, 4.69) is 127 Å². The maximum absolute atomic E-state index is 9.87. The third-order valence-electron chi connectivity index (χ3n) is 10.9. The summed E-state index contributed by atoms with van der Waals surface area (Å²) in [7, 11) is 0. The molecule has 0 atom stereocenters. The molecule has 0 spiro atoms. The number of benzene rings is 10. The molecular weight excluding hydrogens is 711 g/mol. The van der Waals surface area contributed by atoms with Crippen LogP contribution in [0.5, 0.6) is 0 Å². The second kappa shape index (κ2) is 16.0. The van der Waals surface area contributed by atoms with Crippen LogP contribution >= 0.6 is 0 Å². The highest BCUT2D eigenvalue weighted by atomic mass is 15.1. The molecule has 0 aliphatic rings. The molecule has 0 aromatic heterocycles. The van der Waals surface area contributed by atoms with Crippen LogP contribution in [0.3, 0.4) is 0 Å². The molecule has 0 saturated carbocycles. The van der Waals surface area contributed by atoms with Gasteiger partial charge < -0.3 is 4.90 Å². The van der Waals surface area contributed by atoms with E-state index in [1.807, 2.05) is 102 Å². The molecule has 0 N–H and O–H groups in total. The highest BCUT2D eigenvalue weighted by Gasteiger charge is 2.16. The molecule has 10 aromatic rings. The first-order valence-electron chi connectivity index (χ1n) is 21.9. The minimum atomic E-state index is -0.230. The molecule has 0 heterocycles. The summed E-state index contributed by atoms with van der Waals surface area (Å²) in [4.78, 5) is 1.90. The van der Waals surface area contributed by atoms with Gasteiger partial charge in [0.05, 0.1) is 5.48 Å². The van der Waals surface area contributed by atoms with Gasteiger partial charge in [-0.25, -0.2) is 0 Å². The molecule has 0 aliphatic heterocycles. The molecule has 0 amide bonds. The van der Waals surface area contributed by atoms with E-state index in [4.69, 9.17) is 0 Å². The number of hydrogen-bond donors (Lipinski definition) is 0. The van der Waals surface area contributed by atoms with Gasteiger partial charge in [-0.3, -0.25) is 0 Å². The zero-order chi connectivity index (χ0) is 42.9. The topological polar surface area (TPSA) is 3.24 Å². The lowest BCUT2D eigenvalue weighted by molar-refractivity contribution is 1.28. The average Bonchev–Trinajstić information content (AvgIpc) is 3.35. The molecule has 0 radical (unpaired) electrons. The van der Waals surface area contributed by atoms with Gasteiger partial charge in [-0.2, -0.15) is 0 Å².